The minimum absolute atomic E-state index is 0.0349. The zero-order chi connectivity index (χ0) is 94.6. The van der Waals surface area contributed by atoms with E-state index in [1.807, 2.05) is 6.92 Å². The fraction of sp³-hybridized carbons (Fsp3) is 0.529. The molecule has 43 nitrogen and oxygen atoms in total. The quantitative estimate of drug-likeness (QED) is 0.0274. The Bertz CT molecular complexity index is 4880. The molecule has 3 fully saturated rings. The number of fused-ring (bicyclic) bond motifs is 4. The second kappa shape index (κ2) is 48.4. The van der Waals surface area contributed by atoms with E-state index >= 15 is 28.8 Å². The third-order valence-corrected chi connectivity index (χ3v) is 24.0. The van der Waals surface area contributed by atoms with Crippen LogP contribution in [0.2, 0.25) is 0 Å². The maximum absolute atomic E-state index is 15.6. The van der Waals surface area contributed by atoms with Gasteiger partial charge in [-0.2, -0.15) is 0 Å². The van der Waals surface area contributed by atoms with Crippen LogP contribution in [0.3, 0.4) is 0 Å². The van der Waals surface area contributed by atoms with Gasteiger partial charge in [-0.15, -0.1) is 11.8 Å². The lowest BCUT2D eigenvalue weighted by atomic mass is 10.00. The second-order valence-corrected chi connectivity index (χ2v) is 33.2. The Morgan fingerprint density at radius 3 is 1.56 bits per heavy atom. The number of methoxy groups -OCH3 is 1. The third kappa shape index (κ3) is 27.6. The molecule has 22 N–H and O–H groups in total. The van der Waals surface area contributed by atoms with Gasteiger partial charge in [0.1, 0.15) is 90.3 Å². The van der Waals surface area contributed by atoms with E-state index in [-0.39, 0.29) is 51.5 Å². The summed E-state index contributed by atoms with van der Waals surface area (Å²) in [5.41, 5.74) is 19.2. The third-order valence-electron chi connectivity index (χ3n) is 22.9. The molecule has 3 aromatic carbocycles. The van der Waals surface area contributed by atoms with Gasteiger partial charge in [0, 0.05) is 106 Å². The average Bonchev–Trinajstić information content (AvgIpc) is 1.76. The van der Waals surface area contributed by atoms with Gasteiger partial charge in [-0.1, -0.05) is 88.1 Å². The fourth-order valence-corrected chi connectivity index (χ4v) is 16.4. The van der Waals surface area contributed by atoms with Crippen molar-refractivity contribution in [2.45, 2.75) is 208 Å². The van der Waals surface area contributed by atoms with E-state index < -0.39 is 267 Å². The maximum atomic E-state index is 15.6. The van der Waals surface area contributed by atoms with Crippen LogP contribution in [0.25, 0.3) is 21.8 Å². The lowest BCUT2D eigenvalue weighted by Gasteiger charge is -2.36. The summed E-state index contributed by atoms with van der Waals surface area (Å²) in [4.78, 5) is 270. The second-order valence-electron chi connectivity index (χ2n) is 32.1. The van der Waals surface area contributed by atoms with E-state index in [9.17, 15) is 78.0 Å². The number of nitrogens with zero attached hydrogens (tertiary/aromatic N) is 5. The Kier molecular flexibility index (Phi) is 38.1. The first-order chi connectivity index (χ1) is 61.4. The Hall–Kier alpha value is -12.8. The molecule has 702 valence electrons. The number of para-hydroxylation sites is 2. The van der Waals surface area contributed by atoms with Crippen LogP contribution >= 0.6 is 11.8 Å². The van der Waals surface area contributed by atoms with Crippen molar-refractivity contribution in [2.75, 3.05) is 79.2 Å². The van der Waals surface area contributed by atoms with E-state index in [1.54, 1.807) is 92.1 Å². The number of hydrogen-bond acceptors (Lipinski definition) is 24. The number of carbonyl (C=O) groups excluding carboxylic acids is 18. The maximum Gasteiger partial charge on any atom is 0.246 e. The Labute approximate surface area is 747 Å². The summed E-state index contributed by atoms with van der Waals surface area (Å²) < 4.78 is 5.31. The molecule has 0 radical (unpaired) electrons. The summed E-state index contributed by atoms with van der Waals surface area (Å²) in [7, 11) is 5.21. The van der Waals surface area contributed by atoms with Crippen LogP contribution < -0.4 is 75.1 Å². The molecule has 8 rings (SSSR count). The monoisotopic (exact) mass is 1820 g/mol. The Morgan fingerprint density at radius 2 is 0.992 bits per heavy atom. The molecule has 0 unspecified atom stereocenters. The van der Waals surface area contributed by atoms with Crippen LogP contribution in [0, 0.1) is 0 Å². The highest BCUT2D eigenvalue weighted by molar-refractivity contribution is 8.00. The van der Waals surface area contributed by atoms with E-state index in [2.05, 4.69) is 63.1 Å². The highest BCUT2D eigenvalue weighted by Gasteiger charge is 2.47. The molecule has 15 atom stereocenters. The topological polar surface area (TPSA) is 644 Å². The van der Waals surface area contributed by atoms with Crippen LogP contribution in [0.1, 0.15) is 115 Å². The molecule has 0 saturated carbocycles. The number of aliphatic hydroxyl groups excluding tert-OH is 4. The molecular weight excluding hydrogens is 1700 g/mol. The lowest BCUT2D eigenvalue weighted by Crippen LogP contribution is -2.62. The first-order valence-corrected chi connectivity index (χ1v) is 43.7. The Morgan fingerprint density at radius 1 is 0.504 bits per heavy atom. The number of unbranched alkanes of at least 4 members (excludes halogenated alkanes) is 2. The molecule has 3 aliphatic heterocycles. The molecule has 2 aromatic heterocycles. The molecule has 3 saturated heterocycles. The summed E-state index contributed by atoms with van der Waals surface area (Å²) in [6.45, 7) is -0.0824. The van der Waals surface area contributed by atoms with E-state index in [0.717, 1.165) is 36.3 Å². The van der Waals surface area contributed by atoms with Gasteiger partial charge in [-0.25, -0.2) is 0 Å². The number of amides is 18. The summed E-state index contributed by atoms with van der Waals surface area (Å²) in [6, 6.07) is -3.27. The number of ether oxygens (including phenoxy) is 1. The molecule has 0 aliphatic carbocycles. The van der Waals surface area contributed by atoms with Crippen LogP contribution in [0.5, 0.6) is 5.75 Å². The summed E-state index contributed by atoms with van der Waals surface area (Å²) in [5, 5.41) is 70.1. The van der Waals surface area contributed by atoms with Crippen molar-refractivity contribution in [3.8, 4) is 5.75 Å². The van der Waals surface area contributed by atoms with Crippen molar-refractivity contribution in [3.05, 3.63) is 102 Å². The number of likely N-dealkylation sites (N-methyl/N-ethyl adjacent to an activating group) is 3. The lowest BCUT2D eigenvalue weighted by molar-refractivity contribution is -0.149. The van der Waals surface area contributed by atoms with Crippen LogP contribution in [0.4, 0.5) is 0 Å². The minimum Gasteiger partial charge on any atom is -0.497 e. The standard InChI is InChI=1S/C85H118N20O23S/c1-8-10-21-64-78(120)98-62(42-108)77(119)100-63(73(115)91-38-70(88)112)43-129-44-71(113)92-57(31-46-24-26-50(128-7)27-25-46)81(123)101(4)45(3)72(114)95-59(35-69(87)111)84(126)104-30-16-23-65(104)79(121)99-61(41-107)75(117)93-55(28-29-68(86)110)83(125)105-39-49(109)34-67(105)80(122)94-56(32-47-36-89-53-19-14-12-17-51(47)53)74(116)97-60(40-106)76(118)96-58(33-48-37-90-54-20-15-13-18-52(48)54)82(124)103(6)66(22-11-9-2)85(127)102(64)5/h12-15,17-20,24-27,36-37,45,49,55-67,89-90,106-109H,8-11,16,21-23,28-35,38-44H2,1-7H3,(H2,86,110)(H2,87,111)(H2,88,112)(H,91,115)(H,92,113)(H,93,117)(H,94,122)(H,95,114)(H,96,118)(H,97,116)(H,98,120)(H,99,121)(H,100,119)/t45-,49+,55-,56-,57-,58-,59+,60-,61-,62-,63-,64-,65-,66-,67-/m0/s1. The molecule has 18 amide bonds. The molecule has 3 aliphatic rings. The number of aliphatic hydroxyl groups is 4. The van der Waals surface area contributed by atoms with Crippen molar-refractivity contribution in [1.29, 1.82) is 0 Å². The molecule has 5 heterocycles. The van der Waals surface area contributed by atoms with Gasteiger partial charge < -0.3 is 130 Å². The highest BCUT2D eigenvalue weighted by Crippen LogP contribution is 2.28. The van der Waals surface area contributed by atoms with Gasteiger partial charge in [0.25, 0.3) is 0 Å². The average molecular weight is 1820 g/mol. The summed E-state index contributed by atoms with van der Waals surface area (Å²) >= 11 is 0.728. The summed E-state index contributed by atoms with van der Waals surface area (Å²) in [6.07, 6.45) is -0.293. The zero-order valence-electron chi connectivity index (χ0n) is 72.9. The van der Waals surface area contributed by atoms with Gasteiger partial charge in [0.15, 0.2) is 0 Å². The number of thioether (sulfide) groups is 1. The molecule has 44 heteroatoms. The SMILES string of the molecule is CCCC[C@H]1C(=O)N(C)[C@@H](CCCC)C(=O)N[C@@H](CO)C(=O)N[C@H](C(=O)NCC(N)=O)CSCC(=O)N[C@@H](Cc2ccc(OC)cc2)C(=O)N(C)[C@@H](C)C(=O)N[C@H](CC(N)=O)C(=O)N2CCC[C@H]2C(=O)N[C@@H](CO)C(=O)N[C@@H](CCC(N)=O)C(=O)N2C[C@H](O)C[C@H]2C(=O)N[C@@H](Cc2c[nH]c3ccccc23)C(=O)N[C@@H](CO)C(=O)N[C@@H](Cc2c[nH]c3ccccc23)C(=O)N1C. The Balaban J connectivity index is 1.17. The van der Waals surface area contributed by atoms with Gasteiger partial charge in [0.05, 0.1) is 51.8 Å². The largest absolute Gasteiger partial charge is 0.497 e. The zero-order valence-corrected chi connectivity index (χ0v) is 73.7. The number of benzene rings is 3. The predicted octanol–water partition coefficient (Wildman–Crippen LogP) is -5.65. The number of H-pyrrole nitrogens is 2. The number of aromatic nitrogens is 2. The van der Waals surface area contributed by atoms with Crippen molar-refractivity contribution in [1.82, 2.24) is 87.6 Å². The molecule has 0 bridgehead atoms. The molecule has 129 heavy (non-hydrogen) atoms. The van der Waals surface area contributed by atoms with Crippen molar-refractivity contribution in [2.24, 2.45) is 17.2 Å². The van der Waals surface area contributed by atoms with Crippen molar-refractivity contribution < 1.29 is 111 Å². The van der Waals surface area contributed by atoms with Crippen LogP contribution in [-0.2, 0) is 106 Å². The number of nitrogens with two attached hydrogens (primary N) is 3. The normalized spacial score (nSPS) is 25.3. The number of primary amides is 3. The number of aromatic amines is 2. The fourth-order valence-electron chi connectivity index (χ4n) is 15.5. The van der Waals surface area contributed by atoms with Gasteiger partial charge in [0.2, 0.25) is 106 Å². The number of rotatable bonds is 24. The first-order valence-electron chi connectivity index (χ1n) is 42.5. The number of nitrogens with one attached hydrogen (secondary N) is 12. The van der Waals surface area contributed by atoms with Gasteiger partial charge in [-0.3, -0.25) is 86.3 Å². The van der Waals surface area contributed by atoms with E-state index in [1.165, 1.54) is 35.2 Å². The molecular formula is C85H118N20O23S. The van der Waals surface area contributed by atoms with Crippen molar-refractivity contribution >= 4 is 140 Å². The van der Waals surface area contributed by atoms with Crippen molar-refractivity contribution in [3.63, 3.8) is 0 Å². The minimum atomic E-state index is -1.94. The van der Waals surface area contributed by atoms with Gasteiger partial charge in [-0.05, 0) is 80.0 Å². The molecule has 5 aromatic rings. The highest BCUT2D eigenvalue weighted by atomic mass is 32.2. The first kappa shape index (κ1) is 102. The van der Waals surface area contributed by atoms with E-state index in [0.29, 0.717) is 69.9 Å². The van der Waals surface area contributed by atoms with Crippen LogP contribution in [0.15, 0.2) is 85.2 Å². The number of hydrogen-bond donors (Lipinski definition) is 19. The summed E-state index contributed by atoms with van der Waals surface area (Å²) in [5.74, 6) is -19.2. The molecule has 0 spiro atoms. The smallest absolute Gasteiger partial charge is 0.246 e. The number of carbonyl (C=O) groups is 18. The predicted molar refractivity (Wildman–Crippen MR) is 466 cm³/mol. The van der Waals surface area contributed by atoms with Crippen LogP contribution in [-0.4, -0.2) is 331 Å². The van der Waals surface area contributed by atoms with Gasteiger partial charge >= 0.3 is 0 Å². The van der Waals surface area contributed by atoms with E-state index in [4.69, 9.17) is 21.9 Å².